The van der Waals surface area contributed by atoms with Crippen molar-refractivity contribution >= 4 is 11.9 Å². The Morgan fingerprint density at radius 2 is 1.74 bits per heavy atom. The first-order valence-electron chi connectivity index (χ1n) is 5.81. The minimum absolute atomic E-state index is 0.0273. The molecule has 1 aromatic rings. The fourth-order valence-corrected chi connectivity index (χ4v) is 1.62. The van der Waals surface area contributed by atoms with Gasteiger partial charge in [0.15, 0.2) is 0 Å². The number of ether oxygens (including phenoxy) is 2. The van der Waals surface area contributed by atoms with Crippen molar-refractivity contribution in [2.45, 2.75) is 13.5 Å². The zero-order valence-electron chi connectivity index (χ0n) is 11.4. The van der Waals surface area contributed by atoms with E-state index in [0.29, 0.717) is 6.54 Å². The van der Waals surface area contributed by atoms with Crippen LogP contribution in [0.15, 0.2) is 18.5 Å². The van der Waals surface area contributed by atoms with Crippen LogP contribution >= 0.6 is 0 Å². The van der Waals surface area contributed by atoms with Gasteiger partial charge in [0.05, 0.1) is 27.3 Å². The van der Waals surface area contributed by atoms with E-state index < -0.39 is 11.9 Å². The van der Waals surface area contributed by atoms with E-state index >= 15 is 0 Å². The molecule has 0 N–H and O–H groups in total. The molecule has 0 aliphatic carbocycles. The Morgan fingerprint density at radius 3 is 2.21 bits per heavy atom. The highest BCUT2D eigenvalue weighted by Crippen LogP contribution is 2.06. The highest BCUT2D eigenvalue weighted by molar-refractivity contribution is 5.74. The molecule has 0 fully saturated rings. The predicted molar refractivity (Wildman–Crippen MR) is 68.3 cm³/mol. The van der Waals surface area contributed by atoms with E-state index in [2.05, 4.69) is 14.5 Å². The summed E-state index contributed by atoms with van der Waals surface area (Å²) in [5, 5.41) is 0. The summed E-state index contributed by atoms with van der Waals surface area (Å²) in [7, 11) is 2.62. The van der Waals surface area contributed by atoms with E-state index in [-0.39, 0.29) is 13.1 Å². The van der Waals surface area contributed by atoms with Crippen LogP contribution in [0.25, 0.3) is 0 Å². The first-order valence-corrected chi connectivity index (χ1v) is 5.81. The van der Waals surface area contributed by atoms with E-state index in [0.717, 1.165) is 11.1 Å². The van der Waals surface area contributed by atoms with E-state index in [1.807, 2.05) is 13.0 Å². The van der Waals surface area contributed by atoms with Crippen molar-refractivity contribution in [3.8, 4) is 0 Å². The lowest BCUT2D eigenvalue weighted by atomic mass is 10.2. The van der Waals surface area contributed by atoms with E-state index in [4.69, 9.17) is 0 Å². The number of aryl methyl sites for hydroxylation is 1. The van der Waals surface area contributed by atoms with Gasteiger partial charge < -0.3 is 9.47 Å². The van der Waals surface area contributed by atoms with Gasteiger partial charge in [-0.3, -0.25) is 19.5 Å². The molecular formula is C13H18N2O4. The fourth-order valence-electron chi connectivity index (χ4n) is 1.62. The number of pyridine rings is 1. The number of carbonyl (C=O) groups is 2. The molecule has 0 aliphatic heterocycles. The topological polar surface area (TPSA) is 68.7 Å². The first-order chi connectivity index (χ1) is 9.05. The Balaban J connectivity index is 2.72. The Labute approximate surface area is 112 Å². The van der Waals surface area contributed by atoms with E-state index in [9.17, 15) is 9.59 Å². The van der Waals surface area contributed by atoms with Crippen molar-refractivity contribution in [3.63, 3.8) is 0 Å². The molecular weight excluding hydrogens is 248 g/mol. The molecule has 1 heterocycles. The van der Waals surface area contributed by atoms with Crippen LogP contribution in [0.1, 0.15) is 11.1 Å². The smallest absolute Gasteiger partial charge is 0.319 e. The summed E-state index contributed by atoms with van der Waals surface area (Å²) in [4.78, 5) is 28.4. The molecule has 0 amide bonds. The van der Waals surface area contributed by atoms with Gasteiger partial charge in [0.2, 0.25) is 0 Å². The molecule has 104 valence electrons. The van der Waals surface area contributed by atoms with Gasteiger partial charge in [-0.1, -0.05) is 6.07 Å². The number of nitrogens with zero attached hydrogens (tertiary/aromatic N) is 2. The quantitative estimate of drug-likeness (QED) is 0.700. The van der Waals surface area contributed by atoms with Crippen molar-refractivity contribution in [2.75, 3.05) is 27.3 Å². The van der Waals surface area contributed by atoms with Gasteiger partial charge in [-0.15, -0.1) is 0 Å². The SMILES string of the molecule is COC(=O)CN(CC(=O)OC)Cc1cncc(C)c1. The lowest BCUT2D eigenvalue weighted by Gasteiger charge is -2.19. The third-order valence-corrected chi connectivity index (χ3v) is 2.50. The van der Waals surface area contributed by atoms with Crippen LogP contribution in [0.3, 0.4) is 0 Å². The molecule has 19 heavy (non-hydrogen) atoms. The number of esters is 2. The maximum Gasteiger partial charge on any atom is 0.319 e. The normalized spacial score (nSPS) is 10.3. The van der Waals surface area contributed by atoms with Crippen LogP contribution in [0.5, 0.6) is 0 Å². The van der Waals surface area contributed by atoms with Gasteiger partial charge in [-0.2, -0.15) is 0 Å². The molecule has 1 aromatic heterocycles. The number of rotatable bonds is 6. The van der Waals surface area contributed by atoms with Gasteiger partial charge in [0.1, 0.15) is 0 Å². The Morgan fingerprint density at radius 1 is 1.16 bits per heavy atom. The zero-order valence-corrected chi connectivity index (χ0v) is 11.4. The molecule has 0 aromatic carbocycles. The van der Waals surface area contributed by atoms with Crippen molar-refractivity contribution in [2.24, 2.45) is 0 Å². The molecule has 6 heteroatoms. The van der Waals surface area contributed by atoms with Gasteiger partial charge in [-0.25, -0.2) is 0 Å². The summed E-state index contributed by atoms with van der Waals surface area (Å²) in [5.41, 5.74) is 1.95. The standard InChI is InChI=1S/C13H18N2O4/c1-10-4-11(6-14-5-10)7-15(8-12(16)18-2)9-13(17)19-3/h4-6H,7-9H2,1-3H3. The summed E-state index contributed by atoms with van der Waals surface area (Å²) < 4.78 is 9.22. The van der Waals surface area contributed by atoms with E-state index in [1.165, 1.54) is 14.2 Å². The first kappa shape index (κ1) is 15.1. The third kappa shape index (κ3) is 5.48. The predicted octanol–water partition coefficient (Wildman–Crippen LogP) is 0.538. The summed E-state index contributed by atoms with van der Waals surface area (Å²) >= 11 is 0. The second-order valence-corrected chi connectivity index (χ2v) is 4.17. The van der Waals surface area contributed by atoms with Gasteiger partial charge in [0, 0.05) is 18.9 Å². The molecule has 0 atom stereocenters. The number of hydrogen-bond acceptors (Lipinski definition) is 6. The zero-order chi connectivity index (χ0) is 14.3. The maximum atomic E-state index is 11.3. The van der Waals surface area contributed by atoms with Crippen molar-refractivity contribution in [3.05, 3.63) is 29.6 Å². The number of hydrogen-bond donors (Lipinski definition) is 0. The monoisotopic (exact) mass is 266 g/mol. The second-order valence-electron chi connectivity index (χ2n) is 4.17. The van der Waals surface area contributed by atoms with E-state index in [1.54, 1.807) is 17.3 Å². The largest absolute Gasteiger partial charge is 0.468 e. The number of carbonyl (C=O) groups excluding carboxylic acids is 2. The van der Waals surface area contributed by atoms with Crippen LogP contribution in [-0.4, -0.2) is 49.1 Å². The Bertz CT molecular complexity index is 430. The lowest BCUT2D eigenvalue weighted by Crippen LogP contribution is -2.35. The second kappa shape index (κ2) is 7.48. The van der Waals surface area contributed by atoms with Crippen molar-refractivity contribution < 1.29 is 19.1 Å². The van der Waals surface area contributed by atoms with Crippen LogP contribution in [-0.2, 0) is 25.6 Å². The molecule has 0 unspecified atom stereocenters. The summed E-state index contributed by atoms with van der Waals surface area (Å²) in [6.07, 6.45) is 3.45. The molecule has 0 saturated heterocycles. The molecule has 0 radical (unpaired) electrons. The number of aromatic nitrogens is 1. The van der Waals surface area contributed by atoms with Gasteiger partial charge in [-0.05, 0) is 18.1 Å². The fraction of sp³-hybridized carbons (Fsp3) is 0.462. The van der Waals surface area contributed by atoms with Crippen molar-refractivity contribution in [1.82, 2.24) is 9.88 Å². The molecule has 6 nitrogen and oxygen atoms in total. The number of methoxy groups -OCH3 is 2. The average Bonchev–Trinajstić information content (AvgIpc) is 2.38. The van der Waals surface area contributed by atoms with Crippen LogP contribution in [0.2, 0.25) is 0 Å². The molecule has 0 saturated carbocycles. The van der Waals surface area contributed by atoms with Crippen LogP contribution in [0, 0.1) is 6.92 Å². The maximum absolute atomic E-state index is 11.3. The molecule has 0 spiro atoms. The lowest BCUT2D eigenvalue weighted by molar-refractivity contribution is -0.145. The van der Waals surface area contributed by atoms with Crippen LogP contribution < -0.4 is 0 Å². The molecule has 0 bridgehead atoms. The minimum Gasteiger partial charge on any atom is -0.468 e. The minimum atomic E-state index is -0.399. The van der Waals surface area contributed by atoms with Gasteiger partial charge >= 0.3 is 11.9 Å². The molecule has 0 aliphatic rings. The van der Waals surface area contributed by atoms with Gasteiger partial charge in [0.25, 0.3) is 0 Å². The summed E-state index contributed by atoms with van der Waals surface area (Å²) in [5.74, 6) is -0.797. The summed E-state index contributed by atoms with van der Waals surface area (Å²) in [6, 6.07) is 1.95. The Kier molecular flexibility index (Phi) is 5.95. The van der Waals surface area contributed by atoms with Crippen LogP contribution in [0.4, 0.5) is 0 Å². The molecule has 1 rings (SSSR count). The summed E-state index contributed by atoms with van der Waals surface area (Å²) in [6.45, 7) is 2.42. The highest BCUT2D eigenvalue weighted by Gasteiger charge is 2.15. The average molecular weight is 266 g/mol. The third-order valence-electron chi connectivity index (χ3n) is 2.50. The van der Waals surface area contributed by atoms with Crippen molar-refractivity contribution in [1.29, 1.82) is 0 Å². The Hall–Kier alpha value is -1.95. The highest BCUT2D eigenvalue weighted by atomic mass is 16.5.